The van der Waals surface area contributed by atoms with Gasteiger partial charge in [-0.2, -0.15) is 13.2 Å². The summed E-state index contributed by atoms with van der Waals surface area (Å²) in [5, 5.41) is 8.45. The van der Waals surface area contributed by atoms with Crippen LogP contribution in [0.4, 0.5) is 35.0 Å². The molecule has 3 rings (SSSR count). The summed E-state index contributed by atoms with van der Waals surface area (Å²) in [6.45, 7) is 0.814. The fraction of sp³-hybridized carbons (Fsp3) is 0.188. The summed E-state index contributed by atoms with van der Waals surface area (Å²) in [6, 6.07) is 9.35. The molecular weight excluding hydrogens is 307 g/mol. The highest BCUT2D eigenvalue weighted by atomic mass is 19.4. The Hall–Kier alpha value is -2.70. The van der Waals surface area contributed by atoms with Crippen LogP contribution in [0.5, 0.6) is 0 Å². The van der Waals surface area contributed by atoms with Crippen LogP contribution in [-0.2, 0) is 12.6 Å². The molecule has 0 unspecified atom stereocenters. The van der Waals surface area contributed by atoms with Gasteiger partial charge in [0.15, 0.2) is 0 Å². The number of amides is 2. The Kier molecular flexibility index (Phi) is 3.85. The Labute approximate surface area is 130 Å². The average molecular weight is 321 g/mol. The number of carbonyl (C=O) groups is 1. The van der Waals surface area contributed by atoms with E-state index in [0.29, 0.717) is 11.4 Å². The van der Waals surface area contributed by atoms with Crippen molar-refractivity contribution in [2.45, 2.75) is 12.6 Å². The maximum Gasteiger partial charge on any atom is 0.416 e. The predicted molar refractivity (Wildman–Crippen MR) is 82.7 cm³/mol. The number of carbonyl (C=O) groups excluding carboxylic acids is 1. The van der Waals surface area contributed by atoms with E-state index < -0.39 is 17.8 Å². The maximum absolute atomic E-state index is 12.5. The summed E-state index contributed by atoms with van der Waals surface area (Å²) in [4.78, 5) is 12.0. The van der Waals surface area contributed by atoms with Crippen LogP contribution >= 0.6 is 0 Å². The van der Waals surface area contributed by atoms with Crippen LogP contribution in [0.25, 0.3) is 0 Å². The Balaban J connectivity index is 1.67. The molecule has 0 aliphatic carbocycles. The highest BCUT2D eigenvalue weighted by Crippen LogP contribution is 2.30. The molecule has 1 aliphatic heterocycles. The average Bonchev–Trinajstić information content (AvgIpc) is 2.96. The van der Waals surface area contributed by atoms with Gasteiger partial charge in [-0.15, -0.1) is 0 Å². The third kappa shape index (κ3) is 3.39. The van der Waals surface area contributed by atoms with Gasteiger partial charge in [-0.3, -0.25) is 0 Å². The molecule has 0 aromatic heterocycles. The Morgan fingerprint density at radius 3 is 2.48 bits per heavy atom. The van der Waals surface area contributed by atoms with Gasteiger partial charge in [0, 0.05) is 29.2 Å². The van der Waals surface area contributed by atoms with E-state index in [1.54, 1.807) is 6.07 Å². The first-order valence-corrected chi connectivity index (χ1v) is 7.04. The number of hydrogen-bond acceptors (Lipinski definition) is 2. The van der Waals surface area contributed by atoms with Crippen molar-refractivity contribution in [2.75, 3.05) is 22.5 Å². The van der Waals surface area contributed by atoms with Crippen molar-refractivity contribution < 1.29 is 18.0 Å². The van der Waals surface area contributed by atoms with Gasteiger partial charge in [-0.25, -0.2) is 4.79 Å². The minimum Gasteiger partial charge on any atom is -0.384 e. The topological polar surface area (TPSA) is 53.2 Å². The summed E-state index contributed by atoms with van der Waals surface area (Å²) in [7, 11) is 0. The lowest BCUT2D eigenvalue weighted by molar-refractivity contribution is -0.137. The van der Waals surface area contributed by atoms with Gasteiger partial charge in [0.25, 0.3) is 0 Å². The zero-order chi connectivity index (χ0) is 16.4. The number of hydrogen-bond donors (Lipinski definition) is 3. The highest BCUT2D eigenvalue weighted by Gasteiger charge is 2.30. The number of fused-ring (bicyclic) bond motifs is 1. The molecule has 0 spiro atoms. The quantitative estimate of drug-likeness (QED) is 0.772. The van der Waals surface area contributed by atoms with Gasteiger partial charge in [0.1, 0.15) is 0 Å². The van der Waals surface area contributed by atoms with Gasteiger partial charge in [0.2, 0.25) is 0 Å². The molecule has 1 heterocycles. The van der Waals surface area contributed by atoms with Gasteiger partial charge in [0.05, 0.1) is 5.56 Å². The van der Waals surface area contributed by atoms with Gasteiger partial charge >= 0.3 is 12.2 Å². The summed E-state index contributed by atoms with van der Waals surface area (Å²) < 4.78 is 37.5. The molecule has 1 aliphatic rings. The number of nitrogens with one attached hydrogen (secondary N) is 3. The summed E-state index contributed by atoms with van der Waals surface area (Å²) in [6.07, 6.45) is -3.58. The molecule has 0 bridgehead atoms. The van der Waals surface area contributed by atoms with E-state index in [-0.39, 0.29) is 0 Å². The first-order chi connectivity index (χ1) is 10.9. The fourth-order valence-corrected chi connectivity index (χ4v) is 2.49. The van der Waals surface area contributed by atoms with Crippen LogP contribution in [0.3, 0.4) is 0 Å². The molecule has 3 N–H and O–H groups in total. The second-order valence-corrected chi connectivity index (χ2v) is 5.16. The molecule has 0 saturated carbocycles. The van der Waals surface area contributed by atoms with E-state index >= 15 is 0 Å². The van der Waals surface area contributed by atoms with Crippen molar-refractivity contribution in [1.29, 1.82) is 0 Å². The van der Waals surface area contributed by atoms with Crippen molar-refractivity contribution in [3.8, 4) is 0 Å². The predicted octanol–water partition coefficient (Wildman–Crippen LogP) is 4.32. The van der Waals surface area contributed by atoms with Crippen molar-refractivity contribution >= 4 is 23.1 Å². The smallest absolute Gasteiger partial charge is 0.384 e. The van der Waals surface area contributed by atoms with E-state index in [1.165, 1.54) is 12.1 Å². The molecule has 2 aromatic carbocycles. The molecule has 0 fully saturated rings. The summed E-state index contributed by atoms with van der Waals surface area (Å²) >= 11 is 0. The van der Waals surface area contributed by atoms with Crippen LogP contribution in [-0.4, -0.2) is 12.6 Å². The second-order valence-electron chi connectivity index (χ2n) is 5.16. The van der Waals surface area contributed by atoms with Crippen LogP contribution in [0.15, 0.2) is 42.5 Å². The van der Waals surface area contributed by atoms with Crippen LogP contribution in [0, 0.1) is 0 Å². The van der Waals surface area contributed by atoms with Crippen LogP contribution in [0.1, 0.15) is 11.1 Å². The maximum atomic E-state index is 12.5. The van der Waals surface area contributed by atoms with Gasteiger partial charge in [-0.05, 0) is 42.8 Å². The summed E-state index contributed by atoms with van der Waals surface area (Å²) in [5.74, 6) is 0. The lowest BCUT2D eigenvalue weighted by Gasteiger charge is -2.12. The molecule has 2 amide bonds. The number of rotatable bonds is 2. The monoisotopic (exact) mass is 321 g/mol. The van der Waals surface area contributed by atoms with Crippen molar-refractivity contribution in [3.05, 3.63) is 53.6 Å². The number of urea groups is 1. The number of halogens is 3. The van der Waals surface area contributed by atoms with Crippen molar-refractivity contribution in [1.82, 2.24) is 0 Å². The minimum absolute atomic E-state index is 0.293. The molecular formula is C16H14F3N3O. The van der Waals surface area contributed by atoms with Crippen molar-refractivity contribution in [2.24, 2.45) is 0 Å². The van der Waals surface area contributed by atoms with E-state index in [0.717, 1.165) is 36.3 Å². The van der Waals surface area contributed by atoms with E-state index in [2.05, 4.69) is 16.0 Å². The van der Waals surface area contributed by atoms with E-state index in [1.807, 2.05) is 12.1 Å². The van der Waals surface area contributed by atoms with Crippen molar-refractivity contribution in [3.63, 3.8) is 0 Å². The Bertz CT molecular complexity index is 726. The third-order valence-electron chi connectivity index (χ3n) is 3.58. The standard InChI is InChI=1S/C16H14F3N3O/c17-16(18,19)10-4-6-11(7-5-10)21-15(23)22-14-3-1-2-13-12(14)8-9-20-13/h1-7,20H,8-9H2,(H2,21,22,23). The molecule has 0 saturated heterocycles. The number of anilines is 3. The zero-order valence-electron chi connectivity index (χ0n) is 12.0. The molecule has 0 radical (unpaired) electrons. The fourth-order valence-electron chi connectivity index (χ4n) is 2.49. The molecule has 7 heteroatoms. The minimum atomic E-state index is -4.39. The van der Waals surface area contributed by atoms with Crippen LogP contribution < -0.4 is 16.0 Å². The SMILES string of the molecule is O=C(Nc1ccc(C(F)(F)F)cc1)Nc1cccc2c1CCN2. The molecule has 23 heavy (non-hydrogen) atoms. The number of benzene rings is 2. The van der Waals surface area contributed by atoms with Crippen LogP contribution in [0.2, 0.25) is 0 Å². The normalized spacial score (nSPS) is 13.2. The lowest BCUT2D eigenvalue weighted by Crippen LogP contribution is -2.20. The first-order valence-electron chi connectivity index (χ1n) is 7.04. The van der Waals surface area contributed by atoms with E-state index in [9.17, 15) is 18.0 Å². The molecule has 0 atom stereocenters. The highest BCUT2D eigenvalue weighted by molar-refractivity contribution is 6.00. The first kappa shape index (κ1) is 15.2. The number of alkyl halides is 3. The molecule has 120 valence electrons. The van der Waals surface area contributed by atoms with Gasteiger partial charge < -0.3 is 16.0 Å². The Morgan fingerprint density at radius 2 is 1.78 bits per heavy atom. The van der Waals surface area contributed by atoms with Gasteiger partial charge in [-0.1, -0.05) is 6.07 Å². The summed E-state index contributed by atoms with van der Waals surface area (Å²) in [5.41, 5.74) is 2.24. The zero-order valence-corrected chi connectivity index (χ0v) is 12.0. The largest absolute Gasteiger partial charge is 0.416 e. The second kappa shape index (κ2) is 5.83. The molecule has 4 nitrogen and oxygen atoms in total. The Morgan fingerprint density at radius 1 is 1.04 bits per heavy atom. The molecule has 2 aromatic rings. The third-order valence-corrected chi connectivity index (χ3v) is 3.58. The van der Waals surface area contributed by atoms with E-state index in [4.69, 9.17) is 0 Å². The lowest BCUT2D eigenvalue weighted by atomic mass is 10.1.